The molecule has 0 aromatic heterocycles. The third-order valence-electron chi connectivity index (χ3n) is 2.57. The predicted molar refractivity (Wildman–Crippen MR) is 69.4 cm³/mol. The lowest BCUT2D eigenvalue weighted by molar-refractivity contribution is 0.0696. The highest BCUT2D eigenvalue weighted by molar-refractivity contribution is 5.88. The van der Waals surface area contributed by atoms with Gasteiger partial charge in [-0.3, -0.25) is 0 Å². The summed E-state index contributed by atoms with van der Waals surface area (Å²) in [6, 6.07) is 13.4. The lowest BCUT2D eigenvalue weighted by atomic mass is 10.1. The fourth-order valence-electron chi connectivity index (χ4n) is 1.63. The summed E-state index contributed by atoms with van der Waals surface area (Å²) < 4.78 is 5.59. The van der Waals surface area contributed by atoms with Gasteiger partial charge in [-0.05, 0) is 42.8 Å². The van der Waals surface area contributed by atoms with Crippen molar-refractivity contribution in [1.82, 2.24) is 0 Å². The molecule has 0 aliphatic rings. The summed E-state index contributed by atoms with van der Waals surface area (Å²) in [5.41, 5.74) is 1.51. The highest BCUT2D eigenvalue weighted by atomic mass is 16.5. The van der Waals surface area contributed by atoms with Gasteiger partial charge in [0.2, 0.25) is 0 Å². The molecule has 0 fully saturated rings. The summed E-state index contributed by atoms with van der Waals surface area (Å²) in [7, 11) is 0. The Hall–Kier alpha value is -2.80. The Morgan fingerprint density at radius 1 is 1.26 bits per heavy atom. The van der Waals surface area contributed by atoms with E-state index in [0.717, 1.165) is 5.56 Å². The van der Waals surface area contributed by atoms with E-state index in [1.165, 1.54) is 12.1 Å². The van der Waals surface area contributed by atoms with Gasteiger partial charge in [-0.25, -0.2) is 4.79 Å². The maximum absolute atomic E-state index is 10.9. The van der Waals surface area contributed by atoms with Gasteiger partial charge in [-0.15, -0.1) is 0 Å². The Balaban J connectivity index is 2.36. The van der Waals surface area contributed by atoms with Crippen LogP contribution in [0.3, 0.4) is 0 Å². The molecule has 0 amide bonds. The average Bonchev–Trinajstić information content (AvgIpc) is 2.39. The zero-order chi connectivity index (χ0) is 13.8. The summed E-state index contributed by atoms with van der Waals surface area (Å²) in [5.74, 6) is -0.206. The molecule has 0 heterocycles. The number of carboxylic acid groups (broad SMARTS) is 1. The molecule has 4 nitrogen and oxygen atoms in total. The fourth-order valence-corrected chi connectivity index (χ4v) is 1.63. The first-order valence-electron chi connectivity index (χ1n) is 5.62. The van der Waals surface area contributed by atoms with Crippen molar-refractivity contribution in [3.63, 3.8) is 0 Å². The number of benzene rings is 2. The Morgan fingerprint density at radius 3 is 2.74 bits per heavy atom. The van der Waals surface area contributed by atoms with Crippen LogP contribution in [0.1, 0.15) is 21.5 Å². The number of rotatable bonds is 3. The molecule has 0 radical (unpaired) electrons. The van der Waals surface area contributed by atoms with E-state index in [-0.39, 0.29) is 5.56 Å². The molecule has 0 spiro atoms. The van der Waals surface area contributed by atoms with Crippen LogP contribution < -0.4 is 4.74 Å². The largest absolute Gasteiger partial charge is 0.478 e. The van der Waals surface area contributed by atoms with E-state index in [2.05, 4.69) is 0 Å². The summed E-state index contributed by atoms with van der Waals surface area (Å²) >= 11 is 0. The Morgan fingerprint density at radius 2 is 2.05 bits per heavy atom. The molecule has 2 aromatic rings. The Kier molecular flexibility index (Phi) is 3.48. The van der Waals surface area contributed by atoms with Crippen LogP contribution in [0.4, 0.5) is 0 Å². The maximum atomic E-state index is 10.9. The van der Waals surface area contributed by atoms with Gasteiger partial charge in [0.25, 0.3) is 0 Å². The Labute approximate surface area is 110 Å². The molecule has 2 aromatic carbocycles. The molecular formula is C15H11NO3. The number of aryl methyl sites for hydroxylation is 1. The first-order valence-corrected chi connectivity index (χ1v) is 5.62. The second kappa shape index (κ2) is 5.23. The van der Waals surface area contributed by atoms with Gasteiger partial charge in [0.05, 0.1) is 11.1 Å². The lowest BCUT2D eigenvalue weighted by Crippen LogP contribution is -1.96. The monoisotopic (exact) mass is 253 g/mol. The second-order valence-corrected chi connectivity index (χ2v) is 4.05. The van der Waals surface area contributed by atoms with Crippen molar-refractivity contribution >= 4 is 5.97 Å². The van der Waals surface area contributed by atoms with E-state index in [1.807, 2.05) is 19.1 Å². The van der Waals surface area contributed by atoms with Gasteiger partial charge in [0, 0.05) is 0 Å². The van der Waals surface area contributed by atoms with Crippen molar-refractivity contribution in [2.75, 3.05) is 0 Å². The van der Waals surface area contributed by atoms with Crippen LogP contribution in [0.2, 0.25) is 0 Å². The second-order valence-electron chi connectivity index (χ2n) is 4.05. The van der Waals surface area contributed by atoms with Crippen LogP contribution >= 0.6 is 0 Å². The van der Waals surface area contributed by atoms with Crippen molar-refractivity contribution in [2.24, 2.45) is 0 Å². The third-order valence-corrected chi connectivity index (χ3v) is 2.57. The molecule has 0 aliphatic carbocycles. The minimum atomic E-state index is -1.02. The summed E-state index contributed by atoms with van der Waals surface area (Å²) in [4.78, 5) is 10.9. The first kappa shape index (κ1) is 12.7. The molecule has 0 bridgehead atoms. The zero-order valence-electron chi connectivity index (χ0n) is 10.3. The van der Waals surface area contributed by atoms with E-state index in [0.29, 0.717) is 17.1 Å². The molecule has 0 aliphatic heterocycles. The van der Waals surface area contributed by atoms with Gasteiger partial charge in [-0.2, -0.15) is 5.26 Å². The SMILES string of the molecule is Cc1ccc(C#N)c(Oc2cccc(C(=O)O)c2)c1. The van der Waals surface area contributed by atoms with Crippen LogP contribution in [0.25, 0.3) is 0 Å². The van der Waals surface area contributed by atoms with Crippen molar-refractivity contribution in [3.05, 3.63) is 59.2 Å². The molecule has 0 unspecified atom stereocenters. The van der Waals surface area contributed by atoms with E-state index >= 15 is 0 Å². The quantitative estimate of drug-likeness (QED) is 0.910. The van der Waals surface area contributed by atoms with Crippen LogP contribution in [0, 0.1) is 18.3 Å². The lowest BCUT2D eigenvalue weighted by Gasteiger charge is -2.08. The number of carbonyl (C=O) groups is 1. The number of hydrogen-bond donors (Lipinski definition) is 1. The number of aromatic carboxylic acids is 1. The molecule has 0 atom stereocenters. The van der Waals surface area contributed by atoms with Crippen LogP contribution in [0.15, 0.2) is 42.5 Å². The number of hydrogen-bond acceptors (Lipinski definition) is 3. The van der Waals surface area contributed by atoms with E-state index in [9.17, 15) is 4.79 Å². The van der Waals surface area contributed by atoms with Crippen molar-refractivity contribution in [3.8, 4) is 17.6 Å². The molecule has 2 rings (SSSR count). The highest BCUT2D eigenvalue weighted by Crippen LogP contribution is 2.26. The van der Waals surface area contributed by atoms with E-state index < -0.39 is 5.97 Å². The zero-order valence-corrected chi connectivity index (χ0v) is 10.3. The van der Waals surface area contributed by atoms with Crippen molar-refractivity contribution < 1.29 is 14.6 Å². The van der Waals surface area contributed by atoms with Crippen molar-refractivity contribution in [2.45, 2.75) is 6.92 Å². The molecule has 94 valence electrons. The van der Waals surface area contributed by atoms with Crippen LogP contribution in [0.5, 0.6) is 11.5 Å². The van der Waals surface area contributed by atoms with Gasteiger partial charge >= 0.3 is 5.97 Å². The minimum absolute atomic E-state index is 0.142. The van der Waals surface area contributed by atoms with Gasteiger partial charge in [-0.1, -0.05) is 12.1 Å². The third kappa shape index (κ3) is 2.90. The van der Waals surface area contributed by atoms with E-state index in [4.69, 9.17) is 15.1 Å². The normalized spacial score (nSPS) is 9.68. The topological polar surface area (TPSA) is 70.3 Å². The molecular weight excluding hydrogens is 242 g/mol. The van der Waals surface area contributed by atoms with Gasteiger partial charge in [0.15, 0.2) is 0 Å². The average molecular weight is 253 g/mol. The summed E-state index contributed by atoms with van der Waals surface area (Å²) in [5, 5.41) is 17.9. The molecule has 0 saturated heterocycles. The first-order chi connectivity index (χ1) is 9.10. The van der Waals surface area contributed by atoms with Gasteiger partial charge < -0.3 is 9.84 Å². The Bertz CT molecular complexity index is 671. The maximum Gasteiger partial charge on any atom is 0.335 e. The van der Waals surface area contributed by atoms with E-state index in [1.54, 1.807) is 24.3 Å². The smallest absolute Gasteiger partial charge is 0.335 e. The molecule has 4 heteroatoms. The van der Waals surface area contributed by atoms with Crippen molar-refractivity contribution in [1.29, 1.82) is 5.26 Å². The predicted octanol–water partition coefficient (Wildman–Crippen LogP) is 3.36. The molecule has 1 N–H and O–H groups in total. The molecule has 19 heavy (non-hydrogen) atoms. The minimum Gasteiger partial charge on any atom is -0.478 e. The number of carboxylic acids is 1. The highest BCUT2D eigenvalue weighted by Gasteiger charge is 2.07. The summed E-state index contributed by atoms with van der Waals surface area (Å²) in [6.45, 7) is 1.89. The summed E-state index contributed by atoms with van der Waals surface area (Å²) in [6.07, 6.45) is 0. The number of ether oxygens (including phenoxy) is 1. The standard InChI is InChI=1S/C15H11NO3/c1-10-5-6-12(9-16)14(7-10)19-13-4-2-3-11(8-13)15(17)18/h2-8H,1H3,(H,17,18). The number of nitriles is 1. The molecule has 0 saturated carbocycles. The van der Waals surface area contributed by atoms with Gasteiger partial charge in [0.1, 0.15) is 17.6 Å². The fraction of sp³-hybridized carbons (Fsp3) is 0.0667. The number of nitrogens with zero attached hydrogens (tertiary/aromatic N) is 1. The van der Waals surface area contributed by atoms with Crippen LogP contribution in [-0.4, -0.2) is 11.1 Å². The van der Waals surface area contributed by atoms with Crippen LogP contribution in [-0.2, 0) is 0 Å².